The first-order valence-corrected chi connectivity index (χ1v) is 6.80. The predicted molar refractivity (Wildman–Crippen MR) is 68.7 cm³/mol. The number of nitrogens with one attached hydrogen (secondary N) is 1. The summed E-state index contributed by atoms with van der Waals surface area (Å²) in [6, 6.07) is 1.55. The highest BCUT2D eigenvalue weighted by Gasteiger charge is 2.31. The first-order chi connectivity index (χ1) is 7.70. The second-order valence-corrected chi connectivity index (χ2v) is 5.72. The summed E-state index contributed by atoms with van der Waals surface area (Å²) in [4.78, 5) is 5.21. The Kier molecular flexibility index (Phi) is 4.22. The molecule has 0 spiro atoms. The standard InChI is InChI=1S/C13H27N3/c1-11-9-15(3)8-6-13(11)16-7-4-5-12(10-16)14-2/h11-14H,4-10H2,1-3H3. The quantitative estimate of drug-likeness (QED) is 0.757. The van der Waals surface area contributed by atoms with Crippen molar-refractivity contribution in [3.63, 3.8) is 0 Å². The number of nitrogens with zero attached hydrogens (tertiary/aromatic N) is 2. The average molecular weight is 225 g/mol. The first kappa shape index (κ1) is 12.3. The van der Waals surface area contributed by atoms with Crippen molar-refractivity contribution in [1.82, 2.24) is 15.1 Å². The van der Waals surface area contributed by atoms with Crippen LogP contribution in [-0.4, -0.2) is 62.2 Å². The Labute approximate surface area is 100 Å². The summed E-state index contributed by atoms with van der Waals surface area (Å²) in [6.45, 7) is 7.54. The summed E-state index contributed by atoms with van der Waals surface area (Å²) in [5.41, 5.74) is 0. The lowest BCUT2D eigenvalue weighted by Gasteiger charge is -2.45. The van der Waals surface area contributed by atoms with Crippen molar-refractivity contribution in [2.75, 3.05) is 40.3 Å². The second-order valence-electron chi connectivity index (χ2n) is 5.72. The lowest BCUT2D eigenvalue weighted by atomic mass is 9.90. The van der Waals surface area contributed by atoms with E-state index in [-0.39, 0.29) is 0 Å². The monoisotopic (exact) mass is 225 g/mol. The summed E-state index contributed by atoms with van der Waals surface area (Å²) in [7, 11) is 4.35. The Balaban J connectivity index is 1.90. The average Bonchev–Trinajstić information content (AvgIpc) is 2.29. The van der Waals surface area contributed by atoms with Gasteiger partial charge in [-0.1, -0.05) is 6.92 Å². The van der Waals surface area contributed by atoms with Gasteiger partial charge in [-0.3, -0.25) is 4.90 Å². The van der Waals surface area contributed by atoms with Crippen molar-refractivity contribution < 1.29 is 0 Å². The normalized spacial score (nSPS) is 38.8. The van der Waals surface area contributed by atoms with Crippen molar-refractivity contribution >= 4 is 0 Å². The van der Waals surface area contributed by atoms with Gasteiger partial charge in [0, 0.05) is 25.2 Å². The Morgan fingerprint density at radius 2 is 1.94 bits per heavy atom. The predicted octanol–water partition coefficient (Wildman–Crippen LogP) is 1.01. The molecule has 3 atom stereocenters. The molecule has 2 heterocycles. The van der Waals surface area contributed by atoms with Crippen LogP contribution in [0.5, 0.6) is 0 Å². The molecule has 3 unspecified atom stereocenters. The van der Waals surface area contributed by atoms with Crippen LogP contribution >= 0.6 is 0 Å². The molecule has 0 bridgehead atoms. The zero-order valence-electron chi connectivity index (χ0n) is 11.1. The SMILES string of the molecule is CNC1CCCN(C2CCN(C)CC2C)C1. The number of piperidine rings is 2. The number of hydrogen-bond acceptors (Lipinski definition) is 3. The van der Waals surface area contributed by atoms with E-state index in [0.29, 0.717) is 0 Å². The summed E-state index contributed by atoms with van der Waals surface area (Å²) in [6.07, 6.45) is 4.08. The lowest BCUT2D eigenvalue weighted by Crippen LogP contribution is -2.54. The number of likely N-dealkylation sites (N-methyl/N-ethyl adjacent to an activating group) is 1. The molecule has 2 saturated heterocycles. The van der Waals surface area contributed by atoms with Crippen molar-refractivity contribution in [2.45, 2.75) is 38.3 Å². The topological polar surface area (TPSA) is 18.5 Å². The highest BCUT2D eigenvalue weighted by molar-refractivity contribution is 4.88. The Morgan fingerprint density at radius 3 is 2.62 bits per heavy atom. The molecule has 94 valence electrons. The van der Waals surface area contributed by atoms with Crippen LogP contribution in [-0.2, 0) is 0 Å². The molecule has 0 aromatic rings. The molecule has 0 aliphatic carbocycles. The molecular weight excluding hydrogens is 198 g/mol. The molecule has 3 nitrogen and oxygen atoms in total. The fourth-order valence-electron chi connectivity index (χ4n) is 3.43. The van der Waals surface area contributed by atoms with E-state index in [9.17, 15) is 0 Å². The van der Waals surface area contributed by atoms with Gasteiger partial charge < -0.3 is 10.2 Å². The summed E-state index contributed by atoms with van der Waals surface area (Å²) >= 11 is 0. The number of likely N-dealkylation sites (tertiary alicyclic amines) is 2. The molecule has 16 heavy (non-hydrogen) atoms. The smallest absolute Gasteiger partial charge is 0.0192 e. The van der Waals surface area contributed by atoms with Crippen LogP contribution in [0.2, 0.25) is 0 Å². The zero-order valence-corrected chi connectivity index (χ0v) is 11.1. The molecule has 0 amide bonds. The van der Waals surface area contributed by atoms with Gasteiger partial charge in [0.2, 0.25) is 0 Å². The highest BCUT2D eigenvalue weighted by Crippen LogP contribution is 2.24. The summed E-state index contributed by atoms with van der Waals surface area (Å²) < 4.78 is 0. The Morgan fingerprint density at radius 1 is 1.12 bits per heavy atom. The molecule has 0 aromatic heterocycles. The third-order valence-corrected chi connectivity index (χ3v) is 4.39. The van der Waals surface area contributed by atoms with Crippen LogP contribution in [0, 0.1) is 5.92 Å². The molecule has 0 saturated carbocycles. The van der Waals surface area contributed by atoms with E-state index >= 15 is 0 Å². The third kappa shape index (κ3) is 2.76. The van der Waals surface area contributed by atoms with E-state index in [4.69, 9.17) is 0 Å². The van der Waals surface area contributed by atoms with Gasteiger partial charge in [-0.15, -0.1) is 0 Å². The van der Waals surface area contributed by atoms with Crippen LogP contribution in [0.1, 0.15) is 26.2 Å². The van der Waals surface area contributed by atoms with Crippen molar-refractivity contribution in [3.05, 3.63) is 0 Å². The molecule has 3 heteroatoms. The molecule has 2 aliphatic heterocycles. The van der Waals surface area contributed by atoms with Crippen LogP contribution in [0.3, 0.4) is 0 Å². The van der Waals surface area contributed by atoms with Crippen LogP contribution in [0.15, 0.2) is 0 Å². The van der Waals surface area contributed by atoms with Crippen molar-refractivity contribution in [1.29, 1.82) is 0 Å². The maximum Gasteiger partial charge on any atom is 0.0192 e. The van der Waals surface area contributed by atoms with Crippen LogP contribution < -0.4 is 5.32 Å². The highest BCUT2D eigenvalue weighted by atomic mass is 15.2. The molecule has 0 aromatic carbocycles. The van der Waals surface area contributed by atoms with E-state index in [1.807, 2.05) is 0 Å². The van der Waals surface area contributed by atoms with Gasteiger partial charge in [0.15, 0.2) is 0 Å². The fourth-order valence-corrected chi connectivity index (χ4v) is 3.43. The van der Waals surface area contributed by atoms with Crippen LogP contribution in [0.4, 0.5) is 0 Å². The minimum Gasteiger partial charge on any atom is -0.316 e. The maximum atomic E-state index is 3.44. The van der Waals surface area contributed by atoms with Gasteiger partial charge in [-0.05, 0) is 52.4 Å². The minimum absolute atomic E-state index is 0.723. The first-order valence-electron chi connectivity index (χ1n) is 6.80. The third-order valence-electron chi connectivity index (χ3n) is 4.39. The minimum atomic E-state index is 0.723. The molecule has 0 radical (unpaired) electrons. The van der Waals surface area contributed by atoms with Crippen molar-refractivity contribution in [3.8, 4) is 0 Å². The van der Waals surface area contributed by atoms with E-state index in [1.165, 1.54) is 45.4 Å². The summed E-state index contributed by atoms with van der Waals surface area (Å²) in [5.74, 6) is 0.828. The van der Waals surface area contributed by atoms with E-state index in [1.54, 1.807) is 0 Å². The maximum absolute atomic E-state index is 3.44. The fraction of sp³-hybridized carbons (Fsp3) is 1.00. The molecule has 2 fully saturated rings. The molecule has 1 N–H and O–H groups in total. The number of hydrogen-bond donors (Lipinski definition) is 1. The zero-order chi connectivity index (χ0) is 11.5. The van der Waals surface area contributed by atoms with Gasteiger partial charge >= 0.3 is 0 Å². The Bertz CT molecular complexity index is 219. The van der Waals surface area contributed by atoms with E-state index < -0.39 is 0 Å². The van der Waals surface area contributed by atoms with Gasteiger partial charge in [0.05, 0.1) is 0 Å². The van der Waals surface area contributed by atoms with E-state index in [0.717, 1.165) is 18.0 Å². The Hall–Kier alpha value is -0.120. The van der Waals surface area contributed by atoms with Gasteiger partial charge in [0.1, 0.15) is 0 Å². The lowest BCUT2D eigenvalue weighted by molar-refractivity contribution is 0.0523. The van der Waals surface area contributed by atoms with Gasteiger partial charge in [-0.25, -0.2) is 0 Å². The van der Waals surface area contributed by atoms with Crippen molar-refractivity contribution in [2.24, 2.45) is 5.92 Å². The largest absolute Gasteiger partial charge is 0.316 e. The molecule has 2 rings (SSSR count). The van der Waals surface area contributed by atoms with Gasteiger partial charge in [0.25, 0.3) is 0 Å². The molecule has 2 aliphatic rings. The molecular formula is C13H27N3. The van der Waals surface area contributed by atoms with Crippen LogP contribution in [0.25, 0.3) is 0 Å². The second kappa shape index (κ2) is 5.48. The van der Waals surface area contributed by atoms with E-state index in [2.05, 4.69) is 36.1 Å². The number of rotatable bonds is 2. The van der Waals surface area contributed by atoms with Gasteiger partial charge in [-0.2, -0.15) is 0 Å². The summed E-state index contributed by atoms with van der Waals surface area (Å²) in [5, 5.41) is 3.44.